The molecule has 2 saturated heterocycles. The second kappa shape index (κ2) is 6.88. The van der Waals surface area contributed by atoms with E-state index in [1.54, 1.807) is 16.7 Å². The first kappa shape index (κ1) is 17.3. The van der Waals surface area contributed by atoms with Gasteiger partial charge in [0.25, 0.3) is 0 Å². The molecule has 0 saturated carbocycles. The third-order valence-electron chi connectivity index (χ3n) is 5.13. The van der Waals surface area contributed by atoms with Crippen LogP contribution in [0.15, 0.2) is 36.9 Å². The monoisotopic (exact) mass is 377 g/mol. The van der Waals surface area contributed by atoms with Gasteiger partial charge in [-0.3, -0.25) is 4.98 Å². The molecule has 2 aliphatic heterocycles. The Bertz CT molecular complexity index is 862. The molecule has 0 aliphatic carbocycles. The van der Waals surface area contributed by atoms with Gasteiger partial charge in [-0.1, -0.05) is 6.07 Å². The predicted molar refractivity (Wildman–Crippen MR) is 94.3 cm³/mol. The number of anilines is 1. The number of nitrogens with zero attached hydrogens (tertiary/aromatic N) is 5. The summed E-state index contributed by atoms with van der Waals surface area (Å²) in [5.41, 5.74) is 0.897. The van der Waals surface area contributed by atoms with E-state index in [9.17, 15) is 12.8 Å². The van der Waals surface area contributed by atoms with Gasteiger partial charge in [-0.05, 0) is 30.4 Å². The number of hydrogen-bond donors (Lipinski definition) is 0. The number of hydrogen-bond acceptors (Lipinski definition) is 6. The van der Waals surface area contributed by atoms with Gasteiger partial charge in [0.15, 0.2) is 5.82 Å². The van der Waals surface area contributed by atoms with Crippen LogP contribution in [-0.2, 0) is 16.6 Å². The summed E-state index contributed by atoms with van der Waals surface area (Å²) in [7, 11) is -3.34. The molecule has 138 valence electrons. The standard InChI is InChI=1S/C17H20FN5O2S/c18-15-9-20-17(21-10-15)22-6-3-14-12-23(11-13-2-1-5-19-8-13)26(24,25)16(14)4-7-22/h1-2,5,8-10,14,16H,3-4,6-7,11-12H2/t14-,16-/m1/s1. The van der Waals surface area contributed by atoms with Crippen molar-refractivity contribution in [1.29, 1.82) is 0 Å². The Morgan fingerprint density at radius 1 is 1.15 bits per heavy atom. The molecule has 2 fully saturated rings. The van der Waals surface area contributed by atoms with Crippen LogP contribution in [0.3, 0.4) is 0 Å². The molecule has 2 aromatic rings. The number of fused-ring (bicyclic) bond motifs is 1. The van der Waals surface area contributed by atoms with Crippen LogP contribution < -0.4 is 4.90 Å². The van der Waals surface area contributed by atoms with Crippen LogP contribution in [0.25, 0.3) is 0 Å². The highest BCUT2D eigenvalue weighted by molar-refractivity contribution is 7.90. The Balaban J connectivity index is 1.48. The topological polar surface area (TPSA) is 79.3 Å². The fraction of sp³-hybridized carbons (Fsp3) is 0.471. The van der Waals surface area contributed by atoms with Crippen molar-refractivity contribution in [3.05, 3.63) is 48.3 Å². The minimum absolute atomic E-state index is 0.0853. The molecule has 9 heteroatoms. The lowest BCUT2D eigenvalue weighted by atomic mass is 10.0. The second-order valence-corrected chi connectivity index (χ2v) is 8.91. The normalized spacial score (nSPS) is 25.7. The Hall–Kier alpha value is -2.13. The van der Waals surface area contributed by atoms with Crippen LogP contribution in [0, 0.1) is 11.7 Å². The Morgan fingerprint density at radius 2 is 1.92 bits per heavy atom. The Kier molecular flexibility index (Phi) is 4.58. The lowest BCUT2D eigenvalue weighted by Crippen LogP contribution is -2.32. The smallest absolute Gasteiger partial charge is 0.225 e. The Labute approximate surface area is 152 Å². The lowest BCUT2D eigenvalue weighted by Gasteiger charge is -2.21. The number of sulfonamides is 1. The fourth-order valence-electron chi connectivity index (χ4n) is 3.81. The van der Waals surface area contributed by atoms with Crippen molar-refractivity contribution in [2.45, 2.75) is 24.6 Å². The summed E-state index contributed by atoms with van der Waals surface area (Å²) in [6, 6.07) is 3.71. The van der Waals surface area contributed by atoms with Crippen LogP contribution in [0.1, 0.15) is 18.4 Å². The van der Waals surface area contributed by atoms with E-state index in [-0.39, 0.29) is 11.2 Å². The molecule has 4 heterocycles. The average molecular weight is 377 g/mol. The van der Waals surface area contributed by atoms with E-state index in [4.69, 9.17) is 0 Å². The number of rotatable bonds is 3. The van der Waals surface area contributed by atoms with E-state index in [1.807, 2.05) is 17.0 Å². The maximum atomic E-state index is 13.0. The van der Waals surface area contributed by atoms with Crippen molar-refractivity contribution in [3.8, 4) is 0 Å². The summed E-state index contributed by atoms with van der Waals surface area (Å²) in [6.45, 7) is 2.11. The molecule has 2 aliphatic rings. The third-order valence-corrected chi connectivity index (χ3v) is 7.51. The van der Waals surface area contributed by atoms with Crippen LogP contribution in [0.5, 0.6) is 0 Å². The van der Waals surface area contributed by atoms with Crippen LogP contribution in [0.4, 0.5) is 10.3 Å². The van der Waals surface area contributed by atoms with E-state index in [2.05, 4.69) is 15.0 Å². The molecule has 2 atom stereocenters. The number of halogens is 1. The van der Waals surface area contributed by atoms with Crippen molar-refractivity contribution >= 4 is 16.0 Å². The van der Waals surface area contributed by atoms with Crippen molar-refractivity contribution in [2.24, 2.45) is 5.92 Å². The van der Waals surface area contributed by atoms with E-state index < -0.39 is 15.8 Å². The van der Waals surface area contributed by atoms with Crippen LogP contribution in [0.2, 0.25) is 0 Å². The summed E-state index contributed by atoms with van der Waals surface area (Å²) in [6.07, 6.45) is 6.93. The summed E-state index contributed by atoms with van der Waals surface area (Å²) < 4.78 is 40.6. The fourth-order valence-corrected chi connectivity index (χ4v) is 6.04. The van der Waals surface area contributed by atoms with Gasteiger partial charge >= 0.3 is 0 Å². The van der Waals surface area contributed by atoms with Gasteiger partial charge in [0.2, 0.25) is 16.0 Å². The molecule has 26 heavy (non-hydrogen) atoms. The Morgan fingerprint density at radius 3 is 2.65 bits per heavy atom. The van der Waals surface area contributed by atoms with Gasteiger partial charge in [0.1, 0.15) is 0 Å². The van der Waals surface area contributed by atoms with E-state index in [1.165, 1.54) is 0 Å². The molecule has 2 aromatic heterocycles. The highest BCUT2D eigenvalue weighted by Gasteiger charge is 2.46. The first-order chi connectivity index (χ1) is 12.5. The third kappa shape index (κ3) is 3.28. The summed E-state index contributed by atoms with van der Waals surface area (Å²) in [5, 5.41) is -0.385. The van der Waals surface area contributed by atoms with Crippen molar-refractivity contribution in [1.82, 2.24) is 19.3 Å². The van der Waals surface area contributed by atoms with Gasteiger partial charge in [-0.2, -0.15) is 4.31 Å². The average Bonchev–Trinajstić information content (AvgIpc) is 2.78. The van der Waals surface area contributed by atoms with E-state index >= 15 is 0 Å². The maximum absolute atomic E-state index is 13.0. The maximum Gasteiger partial charge on any atom is 0.225 e. The first-order valence-electron chi connectivity index (χ1n) is 8.64. The van der Waals surface area contributed by atoms with Gasteiger partial charge in [0.05, 0.1) is 17.6 Å². The van der Waals surface area contributed by atoms with E-state index in [0.717, 1.165) is 24.4 Å². The molecule has 0 unspecified atom stereocenters. The first-order valence-corrected chi connectivity index (χ1v) is 10.1. The quantitative estimate of drug-likeness (QED) is 0.805. The molecule has 0 amide bonds. The second-order valence-electron chi connectivity index (χ2n) is 6.76. The minimum Gasteiger partial charge on any atom is -0.341 e. The molecule has 4 rings (SSSR count). The van der Waals surface area contributed by atoms with Crippen molar-refractivity contribution < 1.29 is 12.8 Å². The van der Waals surface area contributed by atoms with Crippen LogP contribution >= 0.6 is 0 Å². The van der Waals surface area contributed by atoms with Gasteiger partial charge in [-0.25, -0.2) is 22.8 Å². The molecule has 0 radical (unpaired) electrons. The highest BCUT2D eigenvalue weighted by atomic mass is 32.2. The molecule has 0 aromatic carbocycles. The molecule has 0 N–H and O–H groups in total. The molecule has 0 bridgehead atoms. The van der Waals surface area contributed by atoms with Crippen molar-refractivity contribution in [3.63, 3.8) is 0 Å². The van der Waals surface area contributed by atoms with E-state index in [0.29, 0.717) is 38.5 Å². The molecule has 7 nitrogen and oxygen atoms in total. The minimum atomic E-state index is -3.34. The SMILES string of the molecule is O=S1(=O)[C@@H]2CCN(c3ncc(F)cn3)CC[C@@H]2CN1Cc1cccnc1. The molecular formula is C17H20FN5O2S. The molecule has 0 spiro atoms. The summed E-state index contributed by atoms with van der Waals surface area (Å²) >= 11 is 0. The predicted octanol–water partition coefficient (Wildman–Crippen LogP) is 1.44. The van der Waals surface area contributed by atoms with Gasteiger partial charge in [-0.15, -0.1) is 0 Å². The summed E-state index contributed by atoms with van der Waals surface area (Å²) in [5.74, 6) is 0.0622. The molecular weight excluding hydrogens is 357 g/mol. The highest BCUT2D eigenvalue weighted by Crippen LogP contribution is 2.35. The number of aromatic nitrogens is 3. The zero-order valence-electron chi connectivity index (χ0n) is 14.2. The number of pyridine rings is 1. The van der Waals surface area contributed by atoms with Crippen LogP contribution in [-0.4, -0.2) is 52.6 Å². The zero-order chi connectivity index (χ0) is 18.1. The summed E-state index contributed by atoms with van der Waals surface area (Å²) in [4.78, 5) is 14.0. The lowest BCUT2D eigenvalue weighted by molar-refractivity contribution is 0.381. The zero-order valence-corrected chi connectivity index (χ0v) is 15.0. The van der Waals surface area contributed by atoms with Gasteiger partial charge in [0, 0.05) is 38.6 Å². The largest absolute Gasteiger partial charge is 0.341 e. The van der Waals surface area contributed by atoms with Crippen molar-refractivity contribution in [2.75, 3.05) is 24.5 Å². The van der Waals surface area contributed by atoms with Gasteiger partial charge < -0.3 is 4.90 Å².